The van der Waals surface area contributed by atoms with Gasteiger partial charge in [0.05, 0.1) is 5.39 Å². The summed E-state index contributed by atoms with van der Waals surface area (Å²) >= 11 is 0. The number of fused-ring (bicyclic) bond motifs is 1. The predicted molar refractivity (Wildman–Crippen MR) is 96.8 cm³/mol. The van der Waals surface area contributed by atoms with Gasteiger partial charge < -0.3 is 14.4 Å². The highest BCUT2D eigenvalue weighted by Crippen LogP contribution is 2.30. The molecule has 5 heteroatoms. The van der Waals surface area contributed by atoms with Crippen molar-refractivity contribution in [3.63, 3.8) is 0 Å². The molecule has 0 spiro atoms. The topological polar surface area (TPSA) is 70.8 Å². The van der Waals surface area contributed by atoms with Gasteiger partial charge in [0.1, 0.15) is 5.58 Å². The van der Waals surface area contributed by atoms with Crippen LogP contribution >= 0.6 is 0 Å². The van der Waals surface area contributed by atoms with E-state index in [-0.39, 0.29) is 11.7 Å². The van der Waals surface area contributed by atoms with Gasteiger partial charge in [-0.25, -0.2) is 0 Å². The van der Waals surface area contributed by atoms with E-state index in [2.05, 4.69) is 0 Å². The van der Waals surface area contributed by atoms with E-state index in [4.69, 9.17) is 4.42 Å². The number of amides is 1. The van der Waals surface area contributed by atoms with Crippen molar-refractivity contribution in [2.75, 3.05) is 13.1 Å². The van der Waals surface area contributed by atoms with Crippen LogP contribution < -0.4 is 5.43 Å². The molecule has 3 rings (SSSR count). The Labute approximate surface area is 145 Å². The molecule has 25 heavy (non-hydrogen) atoms. The lowest BCUT2D eigenvalue weighted by molar-refractivity contribution is 0.0773. The van der Waals surface area contributed by atoms with Crippen LogP contribution in [0.2, 0.25) is 0 Å². The number of hydrogen-bond donors (Lipinski definition) is 1. The first-order valence-electron chi connectivity index (χ1n) is 8.21. The van der Waals surface area contributed by atoms with E-state index >= 15 is 0 Å². The van der Waals surface area contributed by atoms with Gasteiger partial charge in [-0.05, 0) is 38.1 Å². The lowest BCUT2D eigenvalue weighted by Crippen LogP contribution is -2.30. The highest BCUT2D eigenvalue weighted by atomic mass is 16.4. The molecular formula is C20H19NO4. The highest BCUT2D eigenvalue weighted by Gasteiger charge is 2.16. The Morgan fingerprint density at radius 1 is 1.04 bits per heavy atom. The Morgan fingerprint density at radius 2 is 1.68 bits per heavy atom. The van der Waals surface area contributed by atoms with Crippen LogP contribution in [0.25, 0.3) is 22.3 Å². The van der Waals surface area contributed by atoms with E-state index in [9.17, 15) is 14.7 Å². The molecule has 0 radical (unpaired) electrons. The van der Waals surface area contributed by atoms with Crippen molar-refractivity contribution < 1.29 is 14.3 Å². The molecule has 1 amide bonds. The maximum absolute atomic E-state index is 12.4. The Morgan fingerprint density at radius 3 is 2.32 bits per heavy atom. The predicted octanol–water partition coefficient (Wildman–Crippen LogP) is 3.65. The third kappa shape index (κ3) is 3.01. The van der Waals surface area contributed by atoms with E-state index in [0.29, 0.717) is 35.2 Å². The van der Waals surface area contributed by atoms with Gasteiger partial charge in [0, 0.05) is 24.2 Å². The van der Waals surface area contributed by atoms with Crippen molar-refractivity contribution >= 4 is 16.9 Å². The average Bonchev–Trinajstić information content (AvgIpc) is 2.66. The summed E-state index contributed by atoms with van der Waals surface area (Å²) < 4.78 is 5.70. The van der Waals surface area contributed by atoms with Crippen LogP contribution in [-0.2, 0) is 0 Å². The van der Waals surface area contributed by atoms with Gasteiger partial charge in [-0.2, -0.15) is 0 Å². The second-order valence-corrected chi connectivity index (χ2v) is 5.66. The van der Waals surface area contributed by atoms with Crippen molar-refractivity contribution in [3.8, 4) is 17.1 Å². The zero-order valence-corrected chi connectivity index (χ0v) is 14.2. The fraction of sp³-hybridized carbons (Fsp3) is 0.200. The molecule has 0 unspecified atom stereocenters. The molecule has 3 aromatic rings. The second-order valence-electron chi connectivity index (χ2n) is 5.66. The minimum absolute atomic E-state index is 0.0549. The zero-order valence-electron chi connectivity index (χ0n) is 14.2. The highest BCUT2D eigenvalue weighted by molar-refractivity contribution is 5.94. The summed E-state index contributed by atoms with van der Waals surface area (Å²) in [5.74, 6) is -0.382. The van der Waals surface area contributed by atoms with Crippen LogP contribution in [0.15, 0.2) is 57.7 Å². The molecule has 0 aliphatic heterocycles. The van der Waals surface area contributed by atoms with Crippen LogP contribution in [0.1, 0.15) is 24.2 Å². The molecule has 0 saturated carbocycles. The fourth-order valence-corrected chi connectivity index (χ4v) is 2.79. The third-order valence-electron chi connectivity index (χ3n) is 4.22. The van der Waals surface area contributed by atoms with Crippen LogP contribution in [0.3, 0.4) is 0 Å². The number of aromatic hydroxyl groups is 1. The maximum atomic E-state index is 12.4. The summed E-state index contributed by atoms with van der Waals surface area (Å²) in [6.07, 6.45) is 0. The van der Waals surface area contributed by atoms with Crippen LogP contribution in [-0.4, -0.2) is 29.0 Å². The van der Waals surface area contributed by atoms with Gasteiger partial charge in [-0.3, -0.25) is 9.59 Å². The van der Waals surface area contributed by atoms with Crippen LogP contribution in [0.5, 0.6) is 5.75 Å². The first kappa shape index (κ1) is 16.8. The van der Waals surface area contributed by atoms with Gasteiger partial charge >= 0.3 is 0 Å². The fourth-order valence-electron chi connectivity index (χ4n) is 2.79. The molecule has 0 fully saturated rings. The summed E-state index contributed by atoms with van der Waals surface area (Å²) in [7, 11) is 0. The summed E-state index contributed by atoms with van der Waals surface area (Å²) in [6, 6.07) is 13.4. The largest absolute Gasteiger partial charge is 0.502 e. The quantitative estimate of drug-likeness (QED) is 0.789. The SMILES string of the molecule is CCN(CC)C(=O)c1ccc(-c2oc3ccccc3c(=O)c2O)cc1. The molecule has 0 aliphatic rings. The molecule has 0 saturated heterocycles. The molecule has 0 atom stereocenters. The third-order valence-corrected chi connectivity index (χ3v) is 4.22. The van der Waals surface area contributed by atoms with Crippen molar-refractivity contribution in [1.29, 1.82) is 0 Å². The Balaban J connectivity index is 2.03. The molecule has 1 heterocycles. The van der Waals surface area contributed by atoms with E-state index in [1.807, 2.05) is 13.8 Å². The van der Waals surface area contributed by atoms with Crippen LogP contribution in [0.4, 0.5) is 0 Å². The summed E-state index contributed by atoms with van der Waals surface area (Å²) in [4.78, 5) is 26.4. The molecule has 1 aromatic heterocycles. The molecular weight excluding hydrogens is 318 g/mol. The Hall–Kier alpha value is -3.08. The normalized spacial score (nSPS) is 10.8. The first-order chi connectivity index (χ1) is 12.1. The summed E-state index contributed by atoms with van der Waals surface area (Å²) in [5.41, 5.74) is 1.02. The van der Waals surface area contributed by atoms with Gasteiger partial charge in [0.25, 0.3) is 5.91 Å². The number of nitrogens with zero attached hydrogens (tertiary/aromatic N) is 1. The molecule has 128 valence electrons. The second kappa shape index (κ2) is 6.81. The van der Waals surface area contributed by atoms with Gasteiger partial charge in [0.15, 0.2) is 5.76 Å². The number of hydrogen-bond acceptors (Lipinski definition) is 4. The number of para-hydroxylation sites is 1. The first-order valence-corrected chi connectivity index (χ1v) is 8.21. The minimum atomic E-state index is -0.472. The number of carbonyl (C=O) groups is 1. The number of rotatable bonds is 4. The van der Waals surface area contributed by atoms with Crippen molar-refractivity contribution in [2.24, 2.45) is 0 Å². The number of benzene rings is 2. The average molecular weight is 337 g/mol. The van der Waals surface area contributed by atoms with E-state index in [1.165, 1.54) is 0 Å². The molecule has 2 aromatic carbocycles. The standard InChI is InChI=1S/C20H19NO4/c1-3-21(4-2)20(24)14-11-9-13(10-12-14)19-18(23)17(22)15-7-5-6-8-16(15)25-19/h5-12,23H,3-4H2,1-2H3. The Bertz CT molecular complexity index is 969. The van der Waals surface area contributed by atoms with Gasteiger partial charge in [0.2, 0.25) is 11.2 Å². The van der Waals surface area contributed by atoms with Gasteiger partial charge in [-0.1, -0.05) is 24.3 Å². The molecule has 1 N–H and O–H groups in total. The maximum Gasteiger partial charge on any atom is 0.253 e. The lowest BCUT2D eigenvalue weighted by atomic mass is 10.1. The summed E-state index contributed by atoms with van der Waals surface area (Å²) in [5, 5.41) is 10.5. The van der Waals surface area contributed by atoms with E-state index in [1.54, 1.807) is 53.4 Å². The van der Waals surface area contributed by atoms with Crippen molar-refractivity contribution in [3.05, 3.63) is 64.3 Å². The van der Waals surface area contributed by atoms with Crippen molar-refractivity contribution in [1.82, 2.24) is 4.90 Å². The van der Waals surface area contributed by atoms with Gasteiger partial charge in [-0.15, -0.1) is 0 Å². The Kier molecular flexibility index (Phi) is 4.57. The number of carbonyl (C=O) groups excluding carboxylic acids is 1. The van der Waals surface area contributed by atoms with Crippen LogP contribution in [0, 0.1) is 0 Å². The van der Waals surface area contributed by atoms with Crippen molar-refractivity contribution in [2.45, 2.75) is 13.8 Å². The minimum Gasteiger partial charge on any atom is -0.502 e. The molecule has 0 aliphatic carbocycles. The van der Waals surface area contributed by atoms with E-state index < -0.39 is 11.2 Å². The smallest absolute Gasteiger partial charge is 0.253 e. The summed E-state index contributed by atoms with van der Waals surface area (Å²) in [6.45, 7) is 5.13. The molecule has 0 bridgehead atoms. The van der Waals surface area contributed by atoms with E-state index in [0.717, 1.165) is 0 Å². The monoisotopic (exact) mass is 337 g/mol. The zero-order chi connectivity index (χ0) is 18.0. The lowest BCUT2D eigenvalue weighted by Gasteiger charge is -2.18. The molecule has 5 nitrogen and oxygen atoms in total.